The Balaban J connectivity index is 2.78. The number of carbonyl (C=O) groups excluding carboxylic acids is 3. The first kappa shape index (κ1) is 40.6. The fourth-order valence-electron chi connectivity index (χ4n) is 6.67. The molecule has 0 saturated carbocycles. The molecule has 0 fully saturated rings. The smallest absolute Gasteiger partial charge is 0.307 e. The quantitative estimate of drug-likeness (QED) is 0.0712. The molecule has 0 aliphatic heterocycles. The lowest BCUT2D eigenvalue weighted by Gasteiger charge is -2.48. The summed E-state index contributed by atoms with van der Waals surface area (Å²) in [5.41, 5.74) is -1.11. The largest absolute Gasteiger partial charge is 0.466 e. The number of esters is 2. The monoisotopic (exact) mass is 684 g/mol. The summed E-state index contributed by atoms with van der Waals surface area (Å²) in [7, 11) is -5.26. The van der Waals surface area contributed by atoms with Gasteiger partial charge in [0.25, 0.3) is 8.32 Å². The Morgan fingerprint density at radius 1 is 0.787 bits per heavy atom. The number of hydrogen-bond acceptors (Lipinski definition) is 7. The predicted octanol–water partition coefficient (Wildman–Crippen LogP) is 7.75. The fourth-order valence-corrected chi connectivity index (χ4v) is 14.1. The second kappa shape index (κ2) is 19.4. The predicted molar refractivity (Wildman–Crippen MR) is 195 cm³/mol. The van der Waals surface area contributed by atoms with Crippen LogP contribution >= 0.6 is 0 Å². The van der Waals surface area contributed by atoms with Gasteiger partial charge in [0.05, 0.1) is 26.1 Å². The van der Waals surface area contributed by atoms with Crippen molar-refractivity contribution in [2.24, 2.45) is 0 Å². The Kier molecular flexibility index (Phi) is 16.8. The number of benzene rings is 2. The van der Waals surface area contributed by atoms with E-state index in [9.17, 15) is 14.4 Å². The van der Waals surface area contributed by atoms with Crippen molar-refractivity contribution in [2.45, 2.75) is 135 Å². The maximum Gasteiger partial charge on any atom is 0.307 e. The van der Waals surface area contributed by atoms with E-state index in [2.05, 4.69) is 97.0 Å². The highest BCUT2D eigenvalue weighted by Crippen LogP contribution is 2.40. The summed E-state index contributed by atoms with van der Waals surface area (Å²) in [4.78, 5) is 37.7. The molecule has 0 N–H and O–H groups in total. The maximum absolute atomic E-state index is 13.6. The van der Waals surface area contributed by atoms with E-state index in [-0.39, 0.29) is 37.5 Å². The first-order chi connectivity index (χ1) is 22.4. The molecule has 262 valence electrons. The molecular weight excluding hydrogens is 625 g/mol. The normalized spacial score (nSPS) is 14.2. The molecule has 0 spiro atoms. The summed E-state index contributed by atoms with van der Waals surface area (Å²) in [5.74, 6) is -0.926. The van der Waals surface area contributed by atoms with E-state index in [0.717, 1.165) is 47.6 Å². The van der Waals surface area contributed by atoms with Gasteiger partial charge in [-0.15, -0.1) is 0 Å². The van der Waals surface area contributed by atoms with Gasteiger partial charge < -0.3 is 23.1 Å². The van der Waals surface area contributed by atoms with Crippen LogP contribution < -0.4 is 10.4 Å². The van der Waals surface area contributed by atoms with Gasteiger partial charge in [-0.3, -0.25) is 9.59 Å². The summed E-state index contributed by atoms with van der Waals surface area (Å²) in [6, 6.07) is 23.7. The molecule has 0 aromatic heterocycles. The summed E-state index contributed by atoms with van der Waals surface area (Å²) in [6.45, 7) is 17.6. The maximum atomic E-state index is 13.6. The van der Waals surface area contributed by atoms with Gasteiger partial charge in [-0.05, 0) is 59.7 Å². The van der Waals surface area contributed by atoms with E-state index in [1.807, 2.05) is 12.1 Å². The van der Waals surface area contributed by atoms with Crippen LogP contribution in [0.1, 0.15) is 100 Å². The Morgan fingerprint density at radius 2 is 1.32 bits per heavy atom. The molecule has 0 unspecified atom stereocenters. The highest BCUT2D eigenvalue weighted by atomic mass is 28.4. The molecule has 2 rings (SSSR count). The molecule has 0 amide bonds. The van der Waals surface area contributed by atoms with Crippen molar-refractivity contribution >= 4 is 45.2 Å². The van der Waals surface area contributed by atoms with Crippen LogP contribution in [0.3, 0.4) is 0 Å². The van der Waals surface area contributed by atoms with Gasteiger partial charge in [0.1, 0.15) is 18.0 Å². The third-order valence-electron chi connectivity index (χ3n) is 9.57. The van der Waals surface area contributed by atoms with Gasteiger partial charge in [0, 0.05) is 6.42 Å². The minimum absolute atomic E-state index is 0.0636. The first-order valence-corrected chi connectivity index (χ1v) is 22.1. The van der Waals surface area contributed by atoms with Crippen LogP contribution in [0.15, 0.2) is 60.7 Å². The van der Waals surface area contributed by atoms with Crippen LogP contribution in [0.25, 0.3) is 0 Å². The lowest BCUT2D eigenvalue weighted by Crippen LogP contribution is -2.68. The average molecular weight is 685 g/mol. The van der Waals surface area contributed by atoms with Gasteiger partial charge in [0.2, 0.25) is 0 Å². The van der Waals surface area contributed by atoms with Crippen molar-refractivity contribution in [2.75, 3.05) is 13.2 Å². The highest BCUT2D eigenvalue weighted by Gasteiger charge is 2.53. The molecule has 0 aliphatic carbocycles. The highest BCUT2D eigenvalue weighted by molar-refractivity contribution is 6.99. The number of hydrogen-bond donors (Lipinski definition) is 0. The summed E-state index contributed by atoms with van der Waals surface area (Å²) < 4.78 is 26.4. The van der Waals surface area contributed by atoms with Crippen molar-refractivity contribution in [3.63, 3.8) is 0 Å². The number of rotatable bonds is 22. The molecule has 2 atom stereocenters. The zero-order chi connectivity index (χ0) is 35.0. The van der Waals surface area contributed by atoms with Crippen molar-refractivity contribution < 1.29 is 32.7 Å². The second-order valence-electron chi connectivity index (χ2n) is 13.5. The van der Waals surface area contributed by atoms with Crippen LogP contribution in [0.4, 0.5) is 0 Å². The second-order valence-corrected chi connectivity index (χ2v) is 22.5. The van der Waals surface area contributed by atoms with Crippen molar-refractivity contribution in [1.29, 1.82) is 0 Å². The molecule has 9 heteroatoms. The fraction of sp³-hybridized carbons (Fsp3) is 0.605. The molecule has 7 nitrogen and oxygen atoms in total. The third-order valence-corrected chi connectivity index (χ3v) is 19.2. The van der Waals surface area contributed by atoms with E-state index < -0.39 is 40.3 Å². The molecule has 0 radical (unpaired) electrons. The molecule has 2 aromatic rings. The van der Waals surface area contributed by atoms with Gasteiger partial charge in [-0.1, -0.05) is 116 Å². The number of unbranched alkanes of at least 4 members (excludes halogenated alkanes) is 1. The molecule has 0 heterocycles. The topological polar surface area (TPSA) is 88.1 Å². The number of ether oxygens (including phenoxy) is 2. The SMILES string of the molecule is CCCC[C@](CCC=O)(OC(=O)CCC(=O)OCC)[C@H](CO[Si](c1ccccc1)(c1ccccc1)C(C)(C)C)O[Si](CC)(CC)CC. The minimum Gasteiger partial charge on any atom is -0.466 e. The Labute approximate surface area is 286 Å². The van der Waals surface area contributed by atoms with Crippen LogP contribution in [-0.4, -0.2) is 59.8 Å². The van der Waals surface area contributed by atoms with Gasteiger partial charge >= 0.3 is 11.9 Å². The lowest BCUT2D eigenvalue weighted by molar-refractivity contribution is -0.179. The molecular formula is C38H60O7Si2. The van der Waals surface area contributed by atoms with Crippen LogP contribution in [0, 0.1) is 0 Å². The summed E-state index contributed by atoms with van der Waals surface area (Å²) >= 11 is 0. The standard InChI is InChI=1S/C38H60O7Si2/c1-9-14-28-38(29-21-30-39,44-36(41)27-26-35(40)42-10-2)34(45-46(11-3,12-4)13-5)31-43-47(37(6,7)8,32-22-17-15-18-23-32)33-24-19-16-20-25-33/h15-20,22-25,30,34H,9-14,21,26-29,31H2,1-8H3/t34-,38+/m0/s1. The Bertz CT molecular complexity index is 1160. The van der Waals surface area contributed by atoms with Crippen molar-refractivity contribution in [1.82, 2.24) is 0 Å². The van der Waals surface area contributed by atoms with Crippen LogP contribution in [-0.2, 0) is 32.7 Å². The lowest BCUT2D eigenvalue weighted by atomic mass is 9.86. The summed E-state index contributed by atoms with van der Waals surface area (Å²) in [6.07, 6.45) is 2.83. The van der Waals surface area contributed by atoms with Crippen LogP contribution in [0.2, 0.25) is 23.2 Å². The zero-order valence-corrected chi connectivity index (χ0v) is 32.3. The van der Waals surface area contributed by atoms with E-state index in [1.165, 1.54) is 0 Å². The number of carbonyl (C=O) groups is 3. The van der Waals surface area contributed by atoms with Crippen molar-refractivity contribution in [3.8, 4) is 0 Å². The first-order valence-electron chi connectivity index (χ1n) is 17.7. The van der Waals surface area contributed by atoms with Gasteiger partial charge in [0.15, 0.2) is 8.32 Å². The van der Waals surface area contributed by atoms with E-state index in [1.54, 1.807) is 6.92 Å². The molecule has 47 heavy (non-hydrogen) atoms. The molecule has 0 aliphatic rings. The van der Waals surface area contributed by atoms with E-state index in [4.69, 9.17) is 18.3 Å². The van der Waals surface area contributed by atoms with Crippen molar-refractivity contribution in [3.05, 3.63) is 60.7 Å². The van der Waals surface area contributed by atoms with E-state index >= 15 is 0 Å². The van der Waals surface area contributed by atoms with E-state index in [0.29, 0.717) is 12.8 Å². The van der Waals surface area contributed by atoms with Gasteiger partial charge in [-0.25, -0.2) is 0 Å². The average Bonchev–Trinajstić information content (AvgIpc) is 3.07. The Hall–Kier alpha value is -2.60. The third kappa shape index (κ3) is 10.7. The molecule has 0 saturated heterocycles. The molecule has 2 aromatic carbocycles. The number of aldehydes is 1. The minimum atomic E-state index is -2.97. The summed E-state index contributed by atoms with van der Waals surface area (Å²) in [5, 5.41) is 2.04. The van der Waals surface area contributed by atoms with Gasteiger partial charge in [-0.2, -0.15) is 0 Å². The zero-order valence-electron chi connectivity index (χ0n) is 30.3. The Morgan fingerprint density at radius 3 is 1.77 bits per heavy atom. The van der Waals surface area contributed by atoms with Crippen LogP contribution in [0.5, 0.6) is 0 Å². The molecule has 0 bridgehead atoms.